The standard InChI is InChI=1S/C16H27N3O4/c1-6-12-7-13(10-19(22)23)9-16(8-12,17-11(2)20)14(21)18-15(3,4)5/h6,12-13H,1,7-10H2,2-5H3,(H,17,20)(H,18,21)/t12-,13-,16-/m1/s1. The number of nitro groups is 1. The molecule has 1 saturated carbocycles. The number of carbonyl (C=O) groups excluding carboxylic acids is 2. The number of nitrogens with zero attached hydrogens (tertiary/aromatic N) is 1. The molecule has 7 heteroatoms. The van der Waals surface area contributed by atoms with E-state index in [1.165, 1.54) is 6.92 Å². The van der Waals surface area contributed by atoms with Crippen LogP contribution in [0.3, 0.4) is 0 Å². The van der Waals surface area contributed by atoms with E-state index in [-0.39, 0.29) is 41.5 Å². The largest absolute Gasteiger partial charge is 0.349 e. The lowest BCUT2D eigenvalue weighted by atomic mass is 9.69. The molecule has 0 aromatic heterocycles. The first-order chi connectivity index (χ1) is 10.5. The molecule has 2 N–H and O–H groups in total. The van der Waals surface area contributed by atoms with Crippen molar-refractivity contribution in [1.82, 2.24) is 10.6 Å². The molecule has 1 aliphatic rings. The lowest BCUT2D eigenvalue weighted by molar-refractivity contribution is -0.489. The van der Waals surface area contributed by atoms with Gasteiger partial charge in [0.05, 0.1) is 0 Å². The van der Waals surface area contributed by atoms with Gasteiger partial charge in [0, 0.05) is 23.3 Å². The quantitative estimate of drug-likeness (QED) is 0.456. The molecule has 1 rings (SSSR count). The van der Waals surface area contributed by atoms with Gasteiger partial charge < -0.3 is 10.6 Å². The summed E-state index contributed by atoms with van der Waals surface area (Å²) in [5.41, 5.74) is -1.58. The van der Waals surface area contributed by atoms with Gasteiger partial charge in [-0.3, -0.25) is 19.7 Å². The Labute approximate surface area is 137 Å². The van der Waals surface area contributed by atoms with Gasteiger partial charge >= 0.3 is 0 Å². The van der Waals surface area contributed by atoms with E-state index in [9.17, 15) is 19.7 Å². The van der Waals surface area contributed by atoms with Gasteiger partial charge in [0.15, 0.2) is 0 Å². The van der Waals surface area contributed by atoms with Crippen LogP contribution in [0, 0.1) is 22.0 Å². The first-order valence-electron chi connectivity index (χ1n) is 7.83. The summed E-state index contributed by atoms with van der Waals surface area (Å²) < 4.78 is 0. The molecule has 0 radical (unpaired) electrons. The third kappa shape index (κ3) is 5.65. The zero-order chi connectivity index (χ0) is 17.8. The Balaban J connectivity index is 3.14. The van der Waals surface area contributed by atoms with Gasteiger partial charge in [-0.2, -0.15) is 0 Å². The van der Waals surface area contributed by atoms with Gasteiger partial charge in [0.25, 0.3) is 0 Å². The molecule has 7 nitrogen and oxygen atoms in total. The van der Waals surface area contributed by atoms with Gasteiger partial charge in [0.2, 0.25) is 18.4 Å². The molecule has 0 aromatic rings. The summed E-state index contributed by atoms with van der Waals surface area (Å²) in [6.45, 7) is 10.5. The molecule has 0 aromatic carbocycles. The fraction of sp³-hybridized carbons (Fsp3) is 0.750. The van der Waals surface area contributed by atoms with E-state index >= 15 is 0 Å². The van der Waals surface area contributed by atoms with Crippen molar-refractivity contribution in [1.29, 1.82) is 0 Å². The van der Waals surface area contributed by atoms with Crippen LogP contribution in [0.15, 0.2) is 12.7 Å². The minimum atomic E-state index is -1.13. The number of allylic oxidation sites excluding steroid dienone is 1. The van der Waals surface area contributed by atoms with Crippen LogP contribution in [0.2, 0.25) is 0 Å². The average Bonchev–Trinajstić information content (AvgIpc) is 2.34. The van der Waals surface area contributed by atoms with Crippen LogP contribution in [0.5, 0.6) is 0 Å². The molecular formula is C16H27N3O4. The lowest BCUT2D eigenvalue weighted by Crippen LogP contribution is -2.64. The lowest BCUT2D eigenvalue weighted by Gasteiger charge is -2.43. The molecule has 130 valence electrons. The van der Waals surface area contributed by atoms with Crippen LogP contribution >= 0.6 is 0 Å². The predicted octanol–water partition coefficient (Wildman–Crippen LogP) is 1.65. The van der Waals surface area contributed by atoms with Crippen molar-refractivity contribution in [3.63, 3.8) is 0 Å². The molecular weight excluding hydrogens is 298 g/mol. The van der Waals surface area contributed by atoms with Crippen LogP contribution in [-0.4, -0.2) is 34.4 Å². The fourth-order valence-corrected chi connectivity index (χ4v) is 3.29. The molecule has 0 saturated heterocycles. The Kier molecular flexibility index (Phi) is 5.91. The Hall–Kier alpha value is -1.92. The third-order valence-corrected chi connectivity index (χ3v) is 3.96. The highest BCUT2D eigenvalue weighted by molar-refractivity contribution is 5.91. The minimum Gasteiger partial charge on any atom is -0.349 e. The second-order valence-corrected chi connectivity index (χ2v) is 7.49. The van der Waals surface area contributed by atoms with Crippen molar-refractivity contribution in [2.75, 3.05) is 6.54 Å². The summed E-state index contributed by atoms with van der Waals surface area (Å²) in [6, 6.07) is 0. The Morgan fingerprint density at radius 2 is 2.00 bits per heavy atom. The molecule has 0 spiro atoms. The molecule has 0 unspecified atom stereocenters. The maximum absolute atomic E-state index is 12.8. The molecule has 0 aliphatic heterocycles. The van der Waals surface area contributed by atoms with E-state index in [0.29, 0.717) is 12.8 Å². The van der Waals surface area contributed by atoms with E-state index in [4.69, 9.17) is 0 Å². The highest BCUT2D eigenvalue weighted by atomic mass is 16.6. The van der Waals surface area contributed by atoms with Gasteiger partial charge in [-0.1, -0.05) is 6.08 Å². The summed E-state index contributed by atoms with van der Waals surface area (Å²) in [6.07, 6.45) is 2.99. The number of hydrogen-bond acceptors (Lipinski definition) is 4. The predicted molar refractivity (Wildman–Crippen MR) is 87.3 cm³/mol. The van der Waals surface area contributed by atoms with E-state index in [2.05, 4.69) is 17.2 Å². The number of carbonyl (C=O) groups is 2. The van der Waals surface area contributed by atoms with Crippen LogP contribution in [0.1, 0.15) is 47.0 Å². The van der Waals surface area contributed by atoms with Gasteiger partial charge in [-0.15, -0.1) is 6.58 Å². The summed E-state index contributed by atoms with van der Waals surface area (Å²) in [5, 5.41) is 16.5. The second kappa shape index (κ2) is 7.10. The highest BCUT2D eigenvalue weighted by Crippen LogP contribution is 2.37. The summed E-state index contributed by atoms with van der Waals surface area (Å²) in [5.74, 6) is -0.940. The molecule has 1 aliphatic carbocycles. The maximum atomic E-state index is 12.8. The summed E-state index contributed by atoms with van der Waals surface area (Å²) in [4.78, 5) is 35.0. The van der Waals surface area contributed by atoms with Crippen LogP contribution < -0.4 is 10.6 Å². The summed E-state index contributed by atoms with van der Waals surface area (Å²) in [7, 11) is 0. The number of amides is 2. The number of nitrogens with one attached hydrogen (secondary N) is 2. The zero-order valence-corrected chi connectivity index (χ0v) is 14.3. The number of hydrogen-bond donors (Lipinski definition) is 2. The number of rotatable bonds is 5. The first kappa shape index (κ1) is 19.1. The molecule has 0 bridgehead atoms. The van der Waals surface area contributed by atoms with Gasteiger partial charge in [0.1, 0.15) is 5.54 Å². The van der Waals surface area contributed by atoms with Crippen LogP contribution in [0.25, 0.3) is 0 Å². The smallest absolute Gasteiger partial charge is 0.246 e. The monoisotopic (exact) mass is 325 g/mol. The Morgan fingerprint density at radius 1 is 1.39 bits per heavy atom. The highest BCUT2D eigenvalue weighted by Gasteiger charge is 2.48. The molecule has 23 heavy (non-hydrogen) atoms. The topological polar surface area (TPSA) is 101 Å². The van der Waals surface area contributed by atoms with Crippen molar-refractivity contribution in [2.45, 2.75) is 58.0 Å². The summed E-state index contributed by atoms with van der Waals surface area (Å²) >= 11 is 0. The average molecular weight is 325 g/mol. The third-order valence-electron chi connectivity index (χ3n) is 3.96. The Bertz CT molecular complexity index is 498. The first-order valence-corrected chi connectivity index (χ1v) is 7.83. The van der Waals surface area contributed by atoms with E-state index < -0.39 is 11.1 Å². The SMILES string of the molecule is C=C[C@@H]1C[C@@H](C[N+](=O)[O-])C[C@@](NC(C)=O)(C(=O)NC(C)(C)C)C1. The molecule has 1 fully saturated rings. The minimum absolute atomic E-state index is 0.0498. The van der Waals surface area contributed by atoms with Crippen molar-refractivity contribution >= 4 is 11.8 Å². The second-order valence-electron chi connectivity index (χ2n) is 7.49. The fourth-order valence-electron chi connectivity index (χ4n) is 3.29. The van der Waals surface area contributed by atoms with Crippen LogP contribution in [0.4, 0.5) is 0 Å². The van der Waals surface area contributed by atoms with Crippen molar-refractivity contribution in [3.8, 4) is 0 Å². The van der Waals surface area contributed by atoms with Crippen molar-refractivity contribution in [2.24, 2.45) is 11.8 Å². The van der Waals surface area contributed by atoms with Crippen LogP contribution in [-0.2, 0) is 9.59 Å². The van der Waals surface area contributed by atoms with Gasteiger partial charge in [-0.05, 0) is 46.0 Å². The molecule has 0 heterocycles. The normalized spacial score (nSPS) is 27.8. The van der Waals surface area contributed by atoms with E-state index in [0.717, 1.165) is 0 Å². The van der Waals surface area contributed by atoms with Gasteiger partial charge in [-0.25, -0.2) is 0 Å². The van der Waals surface area contributed by atoms with Crippen molar-refractivity contribution < 1.29 is 14.5 Å². The zero-order valence-electron chi connectivity index (χ0n) is 14.3. The Morgan fingerprint density at radius 3 is 2.43 bits per heavy atom. The van der Waals surface area contributed by atoms with Crippen molar-refractivity contribution in [3.05, 3.63) is 22.8 Å². The maximum Gasteiger partial charge on any atom is 0.246 e. The van der Waals surface area contributed by atoms with E-state index in [1.807, 2.05) is 20.8 Å². The molecule has 2 amide bonds. The van der Waals surface area contributed by atoms with E-state index in [1.54, 1.807) is 6.08 Å². The molecule has 3 atom stereocenters.